The Kier molecular flexibility index (Phi) is 6.01. The Labute approximate surface area is 180 Å². The SMILES string of the molecule is CN(C)C(=O)C=Cc1cc2c(-c3ccc(OC4CCOCC4)c(C#N)c3)ccnc2[nH]1. The van der Waals surface area contributed by atoms with Gasteiger partial charge in [-0.05, 0) is 41.5 Å². The van der Waals surface area contributed by atoms with E-state index in [1.807, 2.05) is 30.3 Å². The van der Waals surface area contributed by atoms with Crippen LogP contribution in [0.25, 0.3) is 28.2 Å². The van der Waals surface area contributed by atoms with Crippen molar-refractivity contribution in [1.82, 2.24) is 14.9 Å². The molecule has 0 saturated carbocycles. The van der Waals surface area contributed by atoms with Crippen LogP contribution in [0.5, 0.6) is 5.75 Å². The van der Waals surface area contributed by atoms with Crippen LogP contribution in [-0.4, -0.2) is 54.2 Å². The van der Waals surface area contributed by atoms with Crippen molar-refractivity contribution in [1.29, 1.82) is 5.26 Å². The number of nitrogens with zero attached hydrogens (tertiary/aromatic N) is 3. The molecule has 3 aromatic rings. The maximum Gasteiger partial charge on any atom is 0.246 e. The molecule has 3 heterocycles. The molecule has 1 aliphatic rings. The molecule has 0 bridgehead atoms. The van der Waals surface area contributed by atoms with E-state index in [4.69, 9.17) is 9.47 Å². The van der Waals surface area contributed by atoms with Crippen molar-refractivity contribution in [2.75, 3.05) is 27.3 Å². The minimum atomic E-state index is -0.0920. The van der Waals surface area contributed by atoms with E-state index in [-0.39, 0.29) is 12.0 Å². The number of hydrogen-bond donors (Lipinski definition) is 1. The number of aromatic amines is 1. The summed E-state index contributed by atoms with van der Waals surface area (Å²) in [5.41, 5.74) is 3.86. The van der Waals surface area contributed by atoms with E-state index in [0.29, 0.717) is 24.5 Å². The van der Waals surface area contributed by atoms with Gasteiger partial charge in [0.25, 0.3) is 0 Å². The van der Waals surface area contributed by atoms with E-state index in [1.165, 1.54) is 11.0 Å². The fourth-order valence-corrected chi connectivity index (χ4v) is 3.56. The molecular weight excluding hydrogens is 392 g/mol. The fraction of sp³-hybridized carbons (Fsp3) is 0.292. The molecule has 0 aliphatic carbocycles. The first-order chi connectivity index (χ1) is 15.0. The lowest BCUT2D eigenvalue weighted by Crippen LogP contribution is -2.26. The number of likely N-dealkylation sites (N-methyl/N-ethyl adjacent to an activating group) is 1. The lowest BCUT2D eigenvalue weighted by atomic mass is 10.0. The summed E-state index contributed by atoms with van der Waals surface area (Å²) in [5.74, 6) is 0.508. The molecule has 1 N–H and O–H groups in total. The van der Waals surface area contributed by atoms with Crippen molar-refractivity contribution in [2.24, 2.45) is 0 Å². The lowest BCUT2D eigenvalue weighted by Gasteiger charge is -2.23. The van der Waals surface area contributed by atoms with Gasteiger partial charge in [0.05, 0.1) is 18.8 Å². The summed E-state index contributed by atoms with van der Waals surface area (Å²) in [5, 5.41) is 10.6. The standard InChI is InChI=1S/C24H24N4O3/c1-28(2)23(29)6-4-18-14-21-20(7-10-26-24(21)27-18)16-3-5-22(17(13-16)15-25)31-19-8-11-30-12-9-19/h3-7,10,13-14,19H,8-9,11-12H2,1-2H3,(H,26,27). The largest absolute Gasteiger partial charge is 0.489 e. The summed E-state index contributed by atoms with van der Waals surface area (Å²) in [6.07, 6.45) is 6.70. The number of rotatable bonds is 5. The van der Waals surface area contributed by atoms with Gasteiger partial charge in [0.1, 0.15) is 23.6 Å². The number of nitrogens with one attached hydrogen (secondary N) is 1. The maximum absolute atomic E-state index is 11.8. The van der Waals surface area contributed by atoms with Crippen molar-refractivity contribution in [3.63, 3.8) is 0 Å². The third-order valence-corrected chi connectivity index (χ3v) is 5.27. The number of aromatic nitrogens is 2. The van der Waals surface area contributed by atoms with Crippen molar-refractivity contribution in [3.8, 4) is 22.9 Å². The number of hydrogen-bond acceptors (Lipinski definition) is 5. The molecule has 1 aliphatic heterocycles. The topological polar surface area (TPSA) is 91.2 Å². The predicted molar refractivity (Wildman–Crippen MR) is 118 cm³/mol. The molecule has 4 rings (SSSR count). The summed E-state index contributed by atoms with van der Waals surface area (Å²) in [6.45, 7) is 1.37. The molecule has 1 aromatic carbocycles. The number of amides is 1. The third kappa shape index (κ3) is 4.60. The lowest BCUT2D eigenvalue weighted by molar-refractivity contribution is -0.123. The van der Waals surface area contributed by atoms with Gasteiger partial charge < -0.3 is 19.4 Å². The number of nitriles is 1. The molecule has 1 saturated heterocycles. The zero-order chi connectivity index (χ0) is 21.8. The maximum atomic E-state index is 11.8. The number of H-pyrrole nitrogens is 1. The van der Waals surface area contributed by atoms with Crippen molar-refractivity contribution < 1.29 is 14.3 Å². The number of fused-ring (bicyclic) bond motifs is 1. The van der Waals surface area contributed by atoms with Crippen LogP contribution in [0, 0.1) is 11.3 Å². The molecule has 158 valence electrons. The predicted octanol–water partition coefficient (Wildman–Crippen LogP) is 3.76. The van der Waals surface area contributed by atoms with Crippen LogP contribution >= 0.6 is 0 Å². The van der Waals surface area contributed by atoms with E-state index >= 15 is 0 Å². The second-order valence-corrected chi connectivity index (χ2v) is 7.66. The Morgan fingerprint density at radius 2 is 2.10 bits per heavy atom. The first-order valence-corrected chi connectivity index (χ1v) is 10.2. The molecule has 0 spiro atoms. The van der Waals surface area contributed by atoms with Gasteiger partial charge in [0, 0.05) is 50.3 Å². The van der Waals surface area contributed by atoms with Gasteiger partial charge in [-0.1, -0.05) is 6.07 Å². The first-order valence-electron chi connectivity index (χ1n) is 10.2. The minimum absolute atomic E-state index is 0.0724. The third-order valence-electron chi connectivity index (χ3n) is 5.27. The summed E-state index contributed by atoms with van der Waals surface area (Å²) in [4.78, 5) is 21.0. The van der Waals surface area contributed by atoms with Crippen LogP contribution in [-0.2, 0) is 9.53 Å². The number of carbonyl (C=O) groups excluding carboxylic acids is 1. The Morgan fingerprint density at radius 1 is 1.29 bits per heavy atom. The van der Waals surface area contributed by atoms with Crippen LogP contribution in [0.1, 0.15) is 24.1 Å². The molecule has 31 heavy (non-hydrogen) atoms. The van der Waals surface area contributed by atoms with Gasteiger partial charge in [0.2, 0.25) is 5.91 Å². The number of carbonyl (C=O) groups is 1. The second kappa shape index (κ2) is 9.02. The van der Waals surface area contributed by atoms with E-state index in [1.54, 1.807) is 26.4 Å². The Balaban J connectivity index is 1.65. The van der Waals surface area contributed by atoms with Gasteiger partial charge in [0.15, 0.2) is 0 Å². The number of benzene rings is 1. The van der Waals surface area contributed by atoms with Crippen LogP contribution < -0.4 is 4.74 Å². The van der Waals surface area contributed by atoms with Crippen LogP contribution in [0.15, 0.2) is 42.6 Å². The minimum Gasteiger partial charge on any atom is -0.489 e. The Bertz CT molecular complexity index is 1170. The molecule has 7 nitrogen and oxygen atoms in total. The number of pyridine rings is 1. The van der Waals surface area contributed by atoms with E-state index in [2.05, 4.69) is 16.0 Å². The molecule has 7 heteroatoms. The molecule has 2 aromatic heterocycles. The van der Waals surface area contributed by atoms with Gasteiger partial charge in [-0.25, -0.2) is 4.98 Å². The quantitative estimate of drug-likeness (QED) is 0.640. The van der Waals surface area contributed by atoms with Crippen LogP contribution in [0.3, 0.4) is 0 Å². The molecule has 0 unspecified atom stereocenters. The smallest absolute Gasteiger partial charge is 0.246 e. The first kappa shape index (κ1) is 20.6. The summed E-state index contributed by atoms with van der Waals surface area (Å²) < 4.78 is 11.4. The van der Waals surface area contributed by atoms with Crippen LogP contribution in [0.4, 0.5) is 0 Å². The molecule has 1 fully saturated rings. The highest BCUT2D eigenvalue weighted by molar-refractivity contribution is 5.96. The van der Waals surface area contributed by atoms with Crippen molar-refractivity contribution in [3.05, 3.63) is 53.9 Å². The van der Waals surface area contributed by atoms with Crippen molar-refractivity contribution in [2.45, 2.75) is 18.9 Å². The van der Waals surface area contributed by atoms with Crippen LogP contribution in [0.2, 0.25) is 0 Å². The zero-order valence-electron chi connectivity index (χ0n) is 17.6. The fourth-order valence-electron chi connectivity index (χ4n) is 3.56. The normalized spacial score (nSPS) is 14.6. The Morgan fingerprint density at radius 3 is 2.84 bits per heavy atom. The highest BCUT2D eigenvalue weighted by Gasteiger charge is 2.18. The molecule has 1 amide bonds. The summed E-state index contributed by atoms with van der Waals surface area (Å²) in [6, 6.07) is 11.8. The highest BCUT2D eigenvalue weighted by atomic mass is 16.5. The van der Waals surface area contributed by atoms with Gasteiger partial charge in [-0.3, -0.25) is 4.79 Å². The monoisotopic (exact) mass is 416 g/mol. The van der Waals surface area contributed by atoms with E-state index in [9.17, 15) is 10.1 Å². The van der Waals surface area contributed by atoms with Gasteiger partial charge in [-0.15, -0.1) is 0 Å². The Hall–Kier alpha value is -3.63. The zero-order valence-corrected chi connectivity index (χ0v) is 17.6. The van der Waals surface area contributed by atoms with E-state index in [0.717, 1.165) is 40.7 Å². The average Bonchev–Trinajstić information content (AvgIpc) is 3.21. The summed E-state index contributed by atoms with van der Waals surface area (Å²) in [7, 11) is 3.42. The number of ether oxygens (including phenoxy) is 2. The summed E-state index contributed by atoms with van der Waals surface area (Å²) >= 11 is 0. The average molecular weight is 416 g/mol. The molecular formula is C24H24N4O3. The second-order valence-electron chi connectivity index (χ2n) is 7.66. The van der Waals surface area contributed by atoms with Crippen molar-refractivity contribution >= 4 is 23.0 Å². The van der Waals surface area contributed by atoms with E-state index < -0.39 is 0 Å². The molecule has 0 atom stereocenters. The van der Waals surface area contributed by atoms with Gasteiger partial charge in [-0.2, -0.15) is 5.26 Å². The highest BCUT2D eigenvalue weighted by Crippen LogP contribution is 2.32. The van der Waals surface area contributed by atoms with Gasteiger partial charge >= 0.3 is 0 Å². The molecule has 0 radical (unpaired) electrons.